The molecule has 3 aromatic rings. The molecule has 1 unspecified atom stereocenters. The van der Waals surface area contributed by atoms with Crippen molar-refractivity contribution in [1.29, 1.82) is 0 Å². The zero-order valence-electron chi connectivity index (χ0n) is 22.2. The van der Waals surface area contributed by atoms with Crippen molar-refractivity contribution in [1.82, 2.24) is 9.97 Å². The number of aromatic nitrogens is 2. The standard InChI is InChI=1S/C30H31N7S/c1-20-27-7-5-9-29(36-27)22(3)33-18-26(17-24-11-13-25(14-12-24)34-19-38)35-23(4)30-10-6-8-28(37-30)21(2)32-16-15-31-20/h5-14,26H,15-18H2,1-4H3. The molecule has 0 fully saturated rings. The van der Waals surface area contributed by atoms with Crippen LogP contribution in [0.2, 0.25) is 0 Å². The highest BCUT2D eigenvalue weighted by Crippen LogP contribution is 2.16. The quantitative estimate of drug-likeness (QED) is 0.324. The maximum absolute atomic E-state index is 5.09. The van der Waals surface area contributed by atoms with Crippen molar-refractivity contribution in [3.63, 3.8) is 0 Å². The highest BCUT2D eigenvalue weighted by atomic mass is 32.1. The molecule has 7 nitrogen and oxygen atoms in total. The normalized spacial score (nSPS) is 16.6. The predicted octanol–water partition coefficient (Wildman–Crippen LogP) is 5.77. The molecule has 4 rings (SSSR count). The molecule has 0 saturated carbocycles. The number of nitrogens with zero attached hydrogens (tertiary/aromatic N) is 7. The Kier molecular flexibility index (Phi) is 9.25. The Balaban J connectivity index is 1.74. The SMILES string of the molecule is CC1=NCCN=C(C)c2cccc(n2)C(C)=NC(Cc2ccc(N=C=S)cc2)CN=C(C)c2cccc1n2. The molecule has 1 aliphatic heterocycles. The van der Waals surface area contributed by atoms with Crippen LogP contribution in [0.1, 0.15) is 56.0 Å². The third-order valence-electron chi connectivity index (χ3n) is 6.28. The molecule has 0 spiro atoms. The van der Waals surface area contributed by atoms with E-state index in [9.17, 15) is 0 Å². The fourth-order valence-electron chi connectivity index (χ4n) is 4.12. The predicted molar refractivity (Wildman–Crippen MR) is 161 cm³/mol. The van der Waals surface area contributed by atoms with Crippen LogP contribution in [-0.4, -0.2) is 63.7 Å². The van der Waals surface area contributed by atoms with Gasteiger partial charge in [-0.25, -0.2) is 9.97 Å². The van der Waals surface area contributed by atoms with Crippen molar-refractivity contribution < 1.29 is 0 Å². The Morgan fingerprint density at radius 1 is 0.711 bits per heavy atom. The Morgan fingerprint density at radius 2 is 1.21 bits per heavy atom. The van der Waals surface area contributed by atoms with E-state index in [1.165, 1.54) is 0 Å². The average molecular weight is 522 g/mol. The molecule has 2 aromatic heterocycles. The van der Waals surface area contributed by atoms with Gasteiger partial charge >= 0.3 is 0 Å². The molecular weight excluding hydrogens is 490 g/mol. The lowest BCUT2D eigenvalue weighted by molar-refractivity contribution is 0.681. The van der Waals surface area contributed by atoms with Crippen molar-refractivity contribution in [3.05, 3.63) is 89.0 Å². The molecule has 0 amide bonds. The average Bonchev–Trinajstić information content (AvgIpc) is 2.94. The van der Waals surface area contributed by atoms with E-state index in [1.54, 1.807) is 0 Å². The smallest absolute Gasteiger partial charge is 0.0845 e. The van der Waals surface area contributed by atoms with Crippen molar-refractivity contribution in [2.45, 2.75) is 40.2 Å². The zero-order valence-corrected chi connectivity index (χ0v) is 23.0. The van der Waals surface area contributed by atoms with Gasteiger partial charge in [0.15, 0.2) is 0 Å². The van der Waals surface area contributed by atoms with Crippen LogP contribution in [0.3, 0.4) is 0 Å². The second-order valence-corrected chi connectivity index (χ2v) is 9.30. The molecule has 1 aliphatic rings. The molecule has 4 bridgehead atoms. The van der Waals surface area contributed by atoms with Crippen LogP contribution in [0.4, 0.5) is 5.69 Å². The number of hydrogen-bond acceptors (Lipinski definition) is 8. The summed E-state index contributed by atoms with van der Waals surface area (Å²) in [5.41, 5.74) is 8.77. The van der Waals surface area contributed by atoms with Gasteiger partial charge in [0.1, 0.15) is 0 Å². The van der Waals surface area contributed by atoms with Crippen molar-refractivity contribution in [3.8, 4) is 0 Å². The summed E-state index contributed by atoms with van der Waals surface area (Å²) >= 11 is 4.72. The third kappa shape index (κ3) is 7.28. The van der Waals surface area contributed by atoms with Crippen LogP contribution in [0, 0.1) is 0 Å². The first kappa shape index (κ1) is 27.0. The second kappa shape index (κ2) is 13.0. The summed E-state index contributed by atoms with van der Waals surface area (Å²) in [6.45, 7) is 9.64. The van der Waals surface area contributed by atoms with E-state index in [0.717, 1.165) is 63.3 Å². The summed E-state index contributed by atoms with van der Waals surface area (Å²) in [7, 11) is 0. The van der Waals surface area contributed by atoms with Gasteiger partial charge in [-0.15, -0.1) is 0 Å². The lowest BCUT2D eigenvalue weighted by Gasteiger charge is -2.14. The number of rotatable bonds is 3. The Bertz CT molecular complexity index is 1460. The summed E-state index contributed by atoms with van der Waals surface area (Å²) in [4.78, 5) is 33.1. The van der Waals surface area contributed by atoms with E-state index in [1.807, 2.05) is 88.4 Å². The molecule has 3 heterocycles. The molecule has 0 saturated heterocycles. The number of fused-ring (bicyclic) bond motifs is 4. The number of aliphatic imine (C=N–C) groups is 5. The maximum Gasteiger partial charge on any atom is 0.0845 e. The second-order valence-electron chi connectivity index (χ2n) is 9.12. The summed E-state index contributed by atoms with van der Waals surface area (Å²) in [5.74, 6) is 0. The number of hydrogen-bond donors (Lipinski definition) is 0. The minimum absolute atomic E-state index is 0.0876. The first-order valence-electron chi connectivity index (χ1n) is 12.6. The molecular formula is C30H31N7S. The summed E-state index contributed by atoms with van der Waals surface area (Å²) in [5, 5.41) is 2.41. The van der Waals surface area contributed by atoms with E-state index >= 15 is 0 Å². The molecule has 0 N–H and O–H groups in total. The Labute approximate surface area is 229 Å². The molecule has 8 heteroatoms. The van der Waals surface area contributed by atoms with Gasteiger partial charge in [-0.3, -0.25) is 20.0 Å². The lowest BCUT2D eigenvalue weighted by Crippen LogP contribution is -2.18. The minimum atomic E-state index is -0.0876. The van der Waals surface area contributed by atoms with Gasteiger partial charge in [0.25, 0.3) is 0 Å². The van der Waals surface area contributed by atoms with Crippen molar-refractivity contribution in [2.75, 3.05) is 19.6 Å². The zero-order chi connectivity index (χ0) is 26.9. The van der Waals surface area contributed by atoms with Crippen LogP contribution in [0.15, 0.2) is 85.6 Å². The van der Waals surface area contributed by atoms with Crippen LogP contribution >= 0.6 is 12.2 Å². The maximum atomic E-state index is 5.09. The summed E-state index contributed by atoms with van der Waals surface area (Å²) in [6.07, 6.45) is 0.717. The largest absolute Gasteiger partial charge is 0.286 e. The topological polar surface area (TPSA) is 87.6 Å². The van der Waals surface area contributed by atoms with E-state index in [-0.39, 0.29) is 6.04 Å². The number of thiocarbonyl (C=S) groups is 1. The molecule has 192 valence electrons. The molecule has 38 heavy (non-hydrogen) atoms. The van der Waals surface area contributed by atoms with Gasteiger partial charge in [0.2, 0.25) is 0 Å². The number of benzene rings is 1. The molecule has 1 atom stereocenters. The van der Waals surface area contributed by atoms with E-state index in [4.69, 9.17) is 42.2 Å². The summed E-state index contributed by atoms with van der Waals surface area (Å²) < 4.78 is 0. The number of pyridine rings is 2. The Hall–Kier alpha value is -4.00. The first-order valence-corrected chi connectivity index (χ1v) is 13.0. The Morgan fingerprint density at radius 3 is 1.74 bits per heavy atom. The van der Waals surface area contributed by atoms with Gasteiger partial charge in [0, 0.05) is 0 Å². The van der Waals surface area contributed by atoms with E-state index < -0.39 is 0 Å². The van der Waals surface area contributed by atoms with Crippen LogP contribution in [0.5, 0.6) is 0 Å². The first-order chi connectivity index (χ1) is 18.4. The van der Waals surface area contributed by atoms with E-state index in [0.29, 0.717) is 19.6 Å². The van der Waals surface area contributed by atoms with Gasteiger partial charge < -0.3 is 0 Å². The number of isothiocyanates is 1. The molecule has 0 radical (unpaired) electrons. The lowest BCUT2D eigenvalue weighted by atomic mass is 10.1. The van der Waals surface area contributed by atoms with Crippen molar-refractivity contribution in [2.24, 2.45) is 25.0 Å². The van der Waals surface area contributed by atoms with Crippen molar-refractivity contribution >= 4 is 45.9 Å². The van der Waals surface area contributed by atoms with Crippen LogP contribution in [-0.2, 0) is 6.42 Å². The fourth-order valence-corrected chi connectivity index (χ4v) is 4.22. The monoisotopic (exact) mass is 521 g/mol. The van der Waals surface area contributed by atoms with Gasteiger partial charge in [0.05, 0.1) is 82.1 Å². The fraction of sp³-hybridized carbons (Fsp3) is 0.300. The summed E-state index contributed by atoms with van der Waals surface area (Å²) in [6, 6.07) is 19.8. The molecule has 0 aliphatic carbocycles. The minimum Gasteiger partial charge on any atom is -0.286 e. The van der Waals surface area contributed by atoms with E-state index in [2.05, 4.69) is 10.2 Å². The van der Waals surface area contributed by atoms with Gasteiger partial charge in [-0.05, 0) is 88.3 Å². The third-order valence-corrected chi connectivity index (χ3v) is 6.37. The van der Waals surface area contributed by atoms with Crippen LogP contribution in [0.25, 0.3) is 0 Å². The van der Waals surface area contributed by atoms with Gasteiger partial charge in [-0.1, -0.05) is 24.3 Å². The highest BCUT2D eigenvalue weighted by molar-refractivity contribution is 7.78. The van der Waals surface area contributed by atoms with Gasteiger partial charge in [-0.2, -0.15) is 4.99 Å². The highest BCUT2D eigenvalue weighted by Gasteiger charge is 2.13. The van der Waals surface area contributed by atoms with Crippen LogP contribution < -0.4 is 0 Å². The molecule has 1 aromatic carbocycles.